The number of carbonyl (C=O) groups excluding carboxylic acids is 3. The molecule has 3 aromatic carbocycles. The lowest BCUT2D eigenvalue weighted by Gasteiger charge is -2.24. The highest BCUT2D eigenvalue weighted by molar-refractivity contribution is 8.13. The molecule has 0 aliphatic carbocycles. The average Bonchev–Trinajstić information content (AvgIpc) is 3.38. The molecule has 0 bridgehead atoms. The minimum atomic E-state index is -1.15. The van der Waals surface area contributed by atoms with Gasteiger partial charge in [0.2, 0.25) is 6.79 Å². The molecule has 8 heteroatoms. The van der Waals surface area contributed by atoms with Gasteiger partial charge in [0.15, 0.2) is 28.5 Å². The minimum Gasteiger partial charge on any atom is -0.454 e. The smallest absolute Gasteiger partial charge is 0.324 e. The van der Waals surface area contributed by atoms with Crippen LogP contribution in [0.1, 0.15) is 29.7 Å². The fourth-order valence-corrected chi connectivity index (χ4v) is 4.82. The van der Waals surface area contributed by atoms with Gasteiger partial charge in [0.25, 0.3) is 0 Å². The maximum Gasteiger partial charge on any atom is 0.324 e. The van der Waals surface area contributed by atoms with Crippen LogP contribution in [0.25, 0.3) is 0 Å². The Morgan fingerprint density at radius 3 is 2.27 bits per heavy atom. The van der Waals surface area contributed by atoms with Crippen LogP contribution in [-0.2, 0) is 32.0 Å². The third kappa shape index (κ3) is 7.21. The summed E-state index contributed by atoms with van der Waals surface area (Å²) < 4.78 is 16.6. The number of nitrogens with two attached hydrogens (primary N) is 1. The summed E-state index contributed by atoms with van der Waals surface area (Å²) in [6.07, 6.45) is -0.523. The van der Waals surface area contributed by atoms with Gasteiger partial charge in [-0.05, 0) is 41.7 Å². The maximum absolute atomic E-state index is 13.9. The number of benzene rings is 3. The van der Waals surface area contributed by atoms with Crippen LogP contribution in [0.5, 0.6) is 11.5 Å². The lowest BCUT2D eigenvalue weighted by atomic mass is 9.91. The predicted octanol–water partition coefficient (Wildman–Crippen LogP) is 4.28. The van der Waals surface area contributed by atoms with Gasteiger partial charge in [-0.25, -0.2) is 0 Å². The molecular formula is C29H29NO6S. The summed E-state index contributed by atoms with van der Waals surface area (Å²) in [7, 11) is 0. The maximum atomic E-state index is 13.9. The molecule has 7 nitrogen and oxygen atoms in total. The Morgan fingerprint density at radius 1 is 0.892 bits per heavy atom. The van der Waals surface area contributed by atoms with Crippen molar-refractivity contribution in [2.45, 2.75) is 31.9 Å². The van der Waals surface area contributed by atoms with E-state index in [2.05, 4.69) is 0 Å². The van der Waals surface area contributed by atoms with Gasteiger partial charge in [-0.1, -0.05) is 78.5 Å². The molecule has 2 unspecified atom stereocenters. The van der Waals surface area contributed by atoms with Gasteiger partial charge in [0.05, 0.1) is 0 Å². The Morgan fingerprint density at radius 2 is 1.57 bits per heavy atom. The van der Waals surface area contributed by atoms with Crippen molar-refractivity contribution in [3.63, 3.8) is 0 Å². The molecule has 37 heavy (non-hydrogen) atoms. The SMILES string of the molecule is CC(=O)SC[C@@H](Cc1ccc2c(c1)OCO2)C(=O)C(OC(=O)C(N)Cc1ccccc1)c1ccccc1. The highest BCUT2D eigenvalue weighted by atomic mass is 32.2. The number of hydrogen-bond donors (Lipinski definition) is 1. The first kappa shape index (κ1) is 26.4. The van der Waals surface area contributed by atoms with E-state index in [1.807, 2.05) is 48.5 Å². The fourth-order valence-electron chi connectivity index (χ4n) is 4.10. The highest BCUT2D eigenvalue weighted by Gasteiger charge is 2.33. The zero-order valence-corrected chi connectivity index (χ0v) is 21.3. The molecule has 0 radical (unpaired) electrons. The zero-order valence-electron chi connectivity index (χ0n) is 20.5. The van der Waals surface area contributed by atoms with Gasteiger partial charge in [0, 0.05) is 18.6 Å². The summed E-state index contributed by atoms with van der Waals surface area (Å²) in [6, 6.07) is 22.8. The van der Waals surface area contributed by atoms with Crippen LogP contribution in [-0.4, -0.2) is 35.5 Å². The van der Waals surface area contributed by atoms with Crippen molar-refractivity contribution in [1.29, 1.82) is 0 Å². The monoisotopic (exact) mass is 519 g/mol. The summed E-state index contributed by atoms with van der Waals surface area (Å²) in [4.78, 5) is 38.7. The Hall–Kier alpha value is -3.62. The number of ketones is 1. The molecular weight excluding hydrogens is 490 g/mol. The van der Waals surface area contributed by atoms with E-state index in [0.717, 1.165) is 22.9 Å². The van der Waals surface area contributed by atoms with E-state index in [0.29, 0.717) is 23.5 Å². The van der Waals surface area contributed by atoms with Crippen molar-refractivity contribution in [2.24, 2.45) is 11.7 Å². The van der Waals surface area contributed by atoms with E-state index in [-0.39, 0.29) is 29.9 Å². The van der Waals surface area contributed by atoms with Gasteiger partial charge in [-0.3, -0.25) is 14.4 Å². The summed E-state index contributed by atoms with van der Waals surface area (Å²) in [5.74, 6) is -0.0452. The van der Waals surface area contributed by atoms with Crippen molar-refractivity contribution < 1.29 is 28.6 Å². The highest BCUT2D eigenvalue weighted by Crippen LogP contribution is 2.34. The second-order valence-electron chi connectivity index (χ2n) is 8.82. The van der Waals surface area contributed by atoms with Gasteiger partial charge >= 0.3 is 5.97 Å². The second kappa shape index (κ2) is 12.6. The molecule has 4 rings (SSSR count). The number of Topliss-reactive ketones (excluding diaryl/α,β-unsaturated/α-hetero) is 1. The van der Waals surface area contributed by atoms with E-state index in [1.54, 1.807) is 30.3 Å². The van der Waals surface area contributed by atoms with Crippen LogP contribution < -0.4 is 15.2 Å². The van der Waals surface area contributed by atoms with Crippen LogP contribution in [0.4, 0.5) is 0 Å². The molecule has 0 saturated heterocycles. The molecule has 1 aliphatic heterocycles. The van der Waals surface area contributed by atoms with Gasteiger partial charge in [-0.15, -0.1) is 0 Å². The topological polar surface area (TPSA) is 105 Å². The molecule has 0 spiro atoms. The first-order valence-electron chi connectivity index (χ1n) is 12.0. The minimum absolute atomic E-state index is 0.0957. The van der Waals surface area contributed by atoms with Crippen molar-refractivity contribution in [3.8, 4) is 11.5 Å². The summed E-state index contributed by atoms with van der Waals surface area (Å²) in [5.41, 5.74) is 8.47. The number of carbonyl (C=O) groups is 3. The average molecular weight is 520 g/mol. The number of hydrogen-bond acceptors (Lipinski definition) is 8. The number of thioether (sulfide) groups is 1. The third-order valence-electron chi connectivity index (χ3n) is 6.01. The second-order valence-corrected chi connectivity index (χ2v) is 10.0. The van der Waals surface area contributed by atoms with Gasteiger partial charge < -0.3 is 19.9 Å². The first-order chi connectivity index (χ1) is 17.9. The van der Waals surface area contributed by atoms with E-state index in [4.69, 9.17) is 19.9 Å². The molecule has 1 aliphatic rings. The van der Waals surface area contributed by atoms with E-state index in [1.165, 1.54) is 6.92 Å². The molecule has 0 aromatic heterocycles. The lowest BCUT2D eigenvalue weighted by molar-refractivity contribution is -0.158. The molecule has 3 aromatic rings. The van der Waals surface area contributed by atoms with Crippen molar-refractivity contribution in [3.05, 3.63) is 95.6 Å². The molecule has 0 saturated carbocycles. The molecule has 1 heterocycles. The van der Waals surface area contributed by atoms with Crippen LogP contribution in [0.15, 0.2) is 78.9 Å². The largest absolute Gasteiger partial charge is 0.454 e. The predicted molar refractivity (Wildman–Crippen MR) is 141 cm³/mol. The van der Waals surface area contributed by atoms with Crippen LogP contribution >= 0.6 is 11.8 Å². The third-order valence-corrected chi connectivity index (χ3v) is 6.98. The number of esters is 1. The fraction of sp³-hybridized carbons (Fsp3) is 0.276. The summed E-state index contributed by atoms with van der Waals surface area (Å²) in [6.45, 7) is 1.61. The summed E-state index contributed by atoms with van der Waals surface area (Å²) in [5, 5.41) is -0.0957. The quantitative estimate of drug-likeness (QED) is 0.375. The lowest BCUT2D eigenvalue weighted by Crippen LogP contribution is -2.38. The Bertz CT molecular complexity index is 1230. The van der Waals surface area contributed by atoms with Crippen molar-refractivity contribution in [1.82, 2.24) is 0 Å². The Labute approximate surface area is 220 Å². The molecule has 192 valence electrons. The number of fused-ring (bicyclic) bond motifs is 1. The van der Waals surface area contributed by atoms with E-state index in [9.17, 15) is 14.4 Å². The molecule has 0 fully saturated rings. The van der Waals surface area contributed by atoms with Crippen molar-refractivity contribution in [2.75, 3.05) is 12.5 Å². The van der Waals surface area contributed by atoms with Gasteiger partial charge in [-0.2, -0.15) is 0 Å². The Balaban J connectivity index is 1.56. The summed E-state index contributed by atoms with van der Waals surface area (Å²) >= 11 is 1.07. The van der Waals surface area contributed by atoms with E-state index < -0.39 is 24.0 Å². The van der Waals surface area contributed by atoms with Gasteiger partial charge in [0.1, 0.15) is 6.04 Å². The molecule has 0 amide bonds. The van der Waals surface area contributed by atoms with Crippen molar-refractivity contribution >= 4 is 28.6 Å². The van der Waals surface area contributed by atoms with Crippen LogP contribution in [0, 0.1) is 5.92 Å². The van der Waals surface area contributed by atoms with E-state index >= 15 is 0 Å². The standard InChI is InChI=1S/C29H29NO6S/c1-19(31)37-17-23(14-21-12-13-25-26(16-21)35-18-34-25)27(32)28(22-10-6-3-7-11-22)36-29(33)24(30)15-20-8-4-2-5-9-20/h2-13,16,23-24,28H,14-15,17-18,30H2,1H3/t23-,24?,28?/m1/s1. The number of ether oxygens (including phenoxy) is 3. The van der Waals surface area contributed by atoms with Crippen LogP contribution in [0.2, 0.25) is 0 Å². The first-order valence-corrected chi connectivity index (χ1v) is 13.0. The van der Waals surface area contributed by atoms with Crippen LogP contribution in [0.3, 0.4) is 0 Å². The number of rotatable bonds is 11. The Kier molecular flexibility index (Phi) is 8.98. The normalized spacial score (nSPS) is 14.4. The zero-order chi connectivity index (χ0) is 26.2. The molecule has 3 atom stereocenters. The molecule has 2 N–H and O–H groups in total.